The SMILES string of the molecule is CC(C)NC(=O)[C@]1(O)CC[C@H](C)CC1. The first-order valence-corrected chi connectivity index (χ1v) is 5.47. The van der Waals surface area contributed by atoms with Crippen molar-refractivity contribution < 1.29 is 9.90 Å². The normalized spacial score (nSPS) is 33.1. The fraction of sp³-hybridized carbons (Fsp3) is 0.909. The quantitative estimate of drug-likeness (QED) is 0.707. The molecule has 1 saturated carbocycles. The Balaban J connectivity index is 2.52. The second-order valence-electron chi connectivity index (χ2n) is 4.84. The van der Waals surface area contributed by atoms with E-state index in [0.717, 1.165) is 12.8 Å². The molecule has 1 rings (SSSR count). The second-order valence-corrected chi connectivity index (χ2v) is 4.84. The van der Waals surface area contributed by atoms with E-state index in [4.69, 9.17) is 0 Å². The smallest absolute Gasteiger partial charge is 0.252 e. The van der Waals surface area contributed by atoms with E-state index in [0.29, 0.717) is 18.8 Å². The molecule has 3 heteroatoms. The van der Waals surface area contributed by atoms with Crippen molar-refractivity contribution in [2.24, 2.45) is 5.92 Å². The van der Waals surface area contributed by atoms with Gasteiger partial charge in [0.2, 0.25) is 0 Å². The van der Waals surface area contributed by atoms with Crippen molar-refractivity contribution in [3.8, 4) is 0 Å². The minimum atomic E-state index is -1.10. The monoisotopic (exact) mass is 199 g/mol. The number of rotatable bonds is 2. The molecule has 0 aromatic rings. The lowest BCUT2D eigenvalue weighted by molar-refractivity contribution is -0.144. The molecule has 2 N–H and O–H groups in total. The highest BCUT2D eigenvalue weighted by Crippen LogP contribution is 2.31. The highest BCUT2D eigenvalue weighted by atomic mass is 16.3. The van der Waals surface area contributed by atoms with Gasteiger partial charge in [0.1, 0.15) is 5.60 Å². The zero-order valence-electron chi connectivity index (χ0n) is 9.34. The molecule has 1 aliphatic rings. The lowest BCUT2D eigenvalue weighted by Gasteiger charge is -2.34. The van der Waals surface area contributed by atoms with Crippen molar-refractivity contribution in [3.05, 3.63) is 0 Å². The number of hydrogen-bond donors (Lipinski definition) is 2. The number of aliphatic hydroxyl groups is 1. The first-order chi connectivity index (χ1) is 6.44. The molecule has 0 heterocycles. The van der Waals surface area contributed by atoms with E-state index in [1.165, 1.54) is 0 Å². The molecule has 14 heavy (non-hydrogen) atoms. The molecule has 0 aliphatic heterocycles. The van der Waals surface area contributed by atoms with Crippen molar-refractivity contribution >= 4 is 5.91 Å². The molecule has 0 aromatic heterocycles. The standard InChI is InChI=1S/C11H21NO2/c1-8(2)12-10(13)11(14)6-4-9(3)5-7-11/h8-9,14H,4-7H2,1-3H3,(H,12,13)/t9-,11-. The Morgan fingerprint density at radius 1 is 1.43 bits per heavy atom. The Morgan fingerprint density at radius 2 is 1.93 bits per heavy atom. The zero-order valence-corrected chi connectivity index (χ0v) is 9.34. The van der Waals surface area contributed by atoms with E-state index in [1.807, 2.05) is 13.8 Å². The molecule has 0 saturated heterocycles. The van der Waals surface area contributed by atoms with E-state index in [2.05, 4.69) is 12.2 Å². The molecule has 1 aliphatic carbocycles. The highest BCUT2D eigenvalue weighted by molar-refractivity contribution is 5.85. The van der Waals surface area contributed by atoms with Crippen molar-refractivity contribution in [2.75, 3.05) is 0 Å². The van der Waals surface area contributed by atoms with Crippen LogP contribution in [0.15, 0.2) is 0 Å². The topological polar surface area (TPSA) is 49.3 Å². The highest BCUT2D eigenvalue weighted by Gasteiger charge is 2.38. The van der Waals surface area contributed by atoms with Crippen LogP contribution in [0.5, 0.6) is 0 Å². The number of hydrogen-bond acceptors (Lipinski definition) is 2. The predicted octanol–water partition coefficient (Wildman–Crippen LogP) is 1.45. The van der Waals surface area contributed by atoms with Crippen molar-refractivity contribution in [2.45, 2.75) is 58.1 Å². The van der Waals surface area contributed by atoms with Gasteiger partial charge in [-0.3, -0.25) is 4.79 Å². The van der Waals surface area contributed by atoms with Gasteiger partial charge in [-0.25, -0.2) is 0 Å². The van der Waals surface area contributed by atoms with Gasteiger partial charge in [-0.05, 0) is 45.4 Å². The van der Waals surface area contributed by atoms with Crippen molar-refractivity contribution in [1.82, 2.24) is 5.32 Å². The number of carbonyl (C=O) groups excluding carboxylic acids is 1. The third-order valence-corrected chi connectivity index (χ3v) is 2.94. The average molecular weight is 199 g/mol. The van der Waals surface area contributed by atoms with Gasteiger partial charge in [0, 0.05) is 6.04 Å². The zero-order chi connectivity index (χ0) is 10.8. The minimum absolute atomic E-state index is 0.103. The van der Waals surface area contributed by atoms with Crippen LogP contribution < -0.4 is 5.32 Å². The summed E-state index contributed by atoms with van der Waals surface area (Å²) in [6.07, 6.45) is 3.10. The van der Waals surface area contributed by atoms with Crippen molar-refractivity contribution in [3.63, 3.8) is 0 Å². The van der Waals surface area contributed by atoms with Crippen LogP contribution in [0.4, 0.5) is 0 Å². The molecule has 82 valence electrons. The molecule has 3 nitrogen and oxygen atoms in total. The first-order valence-electron chi connectivity index (χ1n) is 5.47. The summed E-state index contributed by atoms with van der Waals surface area (Å²) < 4.78 is 0. The van der Waals surface area contributed by atoms with E-state index < -0.39 is 5.60 Å². The summed E-state index contributed by atoms with van der Waals surface area (Å²) in [5, 5.41) is 12.9. The number of carbonyl (C=O) groups is 1. The largest absolute Gasteiger partial charge is 0.380 e. The summed E-state index contributed by atoms with van der Waals surface area (Å²) in [6.45, 7) is 5.99. The van der Waals surface area contributed by atoms with E-state index >= 15 is 0 Å². The third-order valence-electron chi connectivity index (χ3n) is 2.94. The summed E-state index contributed by atoms with van der Waals surface area (Å²) in [6, 6.07) is 0.103. The van der Waals surface area contributed by atoms with Crippen LogP contribution in [0.3, 0.4) is 0 Å². The number of amides is 1. The van der Waals surface area contributed by atoms with Crippen LogP contribution >= 0.6 is 0 Å². The maximum Gasteiger partial charge on any atom is 0.252 e. The van der Waals surface area contributed by atoms with Gasteiger partial charge in [-0.2, -0.15) is 0 Å². The molecule has 0 aromatic carbocycles. The average Bonchev–Trinajstić information content (AvgIpc) is 2.09. The maximum atomic E-state index is 11.7. The Bertz CT molecular complexity index is 205. The van der Waals surface area contributed by atoms with Crippen LogP contribution in [0, 0.1) is 5.92 Å². The van der Waals surface area contributed by atoms with Gasteiger partial charge < -0.3 is 10.4 Å². The molecule has 0 spiro atoms. The van der Waals surface area contributed by atoms with Crippen molar-refractivity contribution in [1.29, 1.82) is 0 Å². The van der Waals surface area contributed by atoms with Crippen LogP contribution in [-0.4, -0.2) is 22.7 Å². The molecule has 1 amide bonds. The van der Waals surface area contributed by atoms with Gasteiger partial charge in [-0.15, -0.1) is 0 Å². The maximum absolute atomic E-state index is 11.7. The van der Waals surface area contributed by atoms with Gasteiger partial charge >= 0.3 is 0 Å². The molecule has 0 radical (unpaired) electrons. The van der Waals surface area contributed by atoms with E-state index in [1.54, 1.807) is 0 Å². The lowest BCUT2D eigenvalue weighted by atomic mass is 9.79. The van der Waals surface area contributed by atoms with Crippen LogP contribution in [0.25, 0.3) is 0 Å². The molecule has 1 fully saturated rings. The molecule has 0 unspecified atom stereocenters. The summed E-state index contributed by atoms with van der Waals surface area (Å²) in [7, 11) is 0. The Hall–Kier alpha value is -0.570. The fourth-order valence-corrected chi connectivity index (χ4v) is 1.86. The van der Waals surface area contributed by atoms with E-state index in [9.17, 15) is 9.90 Å². The summed E-state index contributed by atoms with van der Waals surface area (Å²) in [4.78, 5) is 11.7. The third kappa shape index (κ3) is 2.71. The fourth-order valence-electron chi connectivity index (χ4n) is 1.86. The van der Waals surface area contributed by atoms with Crippen LogP contribution in [0.1, 0.15) is 46.5 Å². The molecule has 0 atom stereocenters. The van der Waals surface area contributed by atoms with Gasteiger partial charge in [0.05, 0.1) is 0 Å². The Labute approximate surface area is 85.9 Å². The van der Waals surface area contributed by atoms with Gasteiger partial charge in [0.25, 0.3) is 5.91 Å². The summed E-state index contributed by atoms with van der Waals surface area (Å²) in [5.74, 6) is 0.446. The Morgan fingerprint density at radius 3 is 2.36 bits per heavy atom. The summed E-state index contributed by atoms with van der Waals surface area (Å²) >= 11 is 0. The summed E-state index contributed by atoms with van der Waals surface area (Å²) in [5.41, 5.74) is -1.10. The van der Waals surface area contributed by atoms with Gasteiger partial charge in [0.15, 0.2) is 0 Å². The van der Waals surface area contributed by atoms with Crippen LogP contribution in [-0.2, 0) is 4.79 Å². The minimum Gasteiger partial charge on any atom is -0.380 e. The number of nitrogens with one attached hydrogen (secondary N) is 1. The molecule has 0 bridgehead atoms. The van der Waals surface area contributed by atoms with E-state index in [-0.39, 0.29) is 11.9 Å². The van der Waals surface area contributed by atoms with Gasteiger partial charge in [-0.1, -0.05) is 6.92 Å². The molecular formula is C11H21NO2. The first kappa shape index (κ1) is 11.5. The lowest BCUT2D eigenvalue weighted by Crippen LogP contribution is -2.50. The predicted molar refractivity (Wildman–Crippen MR) is 55.9 cm³/mol. The molecular weight excluding hydrogens is 178 g/mol. The van der Waals surface area contributed by atoms with Crippen LogP contribution in [0.2, 0.25) is 0 Å². The Kier molecular flexibility index (Phi) is 3.53. The second kappa shape index (κ2) is 4.30.